The first-order valence-electron chi connectivity index (χ1n) is 6.77. The highest BCUT2D eigenvalue weighted by Gasteiger charge is 2.12. The number of aryl methyl sites for hydroxylation is 1. The first-order chi connectivity index (χ1) is 9.67. The molecule has 4 nitrogen and oxygen atoms in total. The predicted molar refractivity (Wildman–Crippen MR) is 80.0 cm³/mol. The quantitative estimate of drug-likeness (QED) is 0.873. The normalized spacial score (nSPS) is 10.4. The molecule has 0 saturated heterocycles. The summed E-state index contributed by atoms with van der Waals surface area (Å²) in [4.78, 5) is 8.47. The summed E-state index contributed by atoms with van der Waals surface area (Å²) in [5.74, 6) is 1.16. The zero-order valence-corrected chi connectivity index (χ0v) is 12.0. The van der Waals surface area contributed by atoms with Gasteiger partial charge in [-0.15, -0.1) is 0 Å². The standard InChI is InChI=1S/C15H19FN4/c1-4-11-14(17-5-2)18-9-19-15(11)20-13-10(3)7-6-8-12(13)16/h6-9H,4-5H2,1-3H3,(H2,17,18,19,20). The van der Waals surface area contributed by atoms with E-state index in [-0.39, 0.29) is 5.82 Å². The number of hydrogen-bond acceptors (Lipinski definition) is 4. The smallest absolute Gasteiger partial charge is 0.146 e. The van der Waals surface area contributed by atoms with Crippen molar-refractivity contribution >= 4 is 17.3 Å². The first-order valence-corrected chi connectivity index (χ1v) is 6.77. The molecule has 106 valence electrons. The van der Waals surface area contributed by atoms with Gasteiger partial charge in [0.05, 0.1) is 5.69 Å². The van der Waals surface area contributed by atoms with E-state index in [9.17, 15) is 4.39 Å². The van der Waals surface area contributed by atoms with E-state index in [1.54, 1.807) is 6.07 Å². The zero-order chi connectivity index (χ0) is 14.5. The number of anilines is 3. The molecule has 1 aromatic heterocycles. The fraction of sp³-hybridized carbons (Fsp3) is 0.333. The van der Waals surface area contributed by atoms with E-state index in [2.05, 4.69) is 20.6 Å². The minimum atomic E-state index is -0.282. The average molecular weight is 274 g/mol. The van der Waals surface area contributed by atoms with Gasteiger partial charge in [0.25, 0.3) is 0 Å². The lowest BCUT2D eigenvalue weighted by atomic mass is 10.1. The summed E-state index contributed by atoms with van der Waals surface area (Å²) in [6.07, 6.45) is 2.24. The van der Waals surface area contributed by atoms with Crippen LogP contribution in [0, 0.1) is 12.7 Å². The van der Waals surface area contributed by atoms with Crippen molar-refractivity contribution in [3.8, 4) is 0 Å². The second kappa shape index (κ2) is 6.32. The van der Waals surface area contributed by atoms with Crippen LogP contribution in [0.4, 0.5) is 21.7 Å². The van der Waals surface area contributed by atoms with Gasteiger partial charge in [-0.25, -0.2) is 14.4 Å². The average Bonchev–Trinajstić information content (AvgIpc) is 2.43. The summed E-state index contributed by atoms with van der Waals surface area (Å²) in [5.41, 5.74) is 2.26. The molecule has 5 heteroatoms. The van der Waals surface area contributed by atoms with Crippen molar-refractivity contribution in [1.82, 2.24) is 9.97 Å². The van der Waals surface area contributed by atoms with Gasteiger partial charge in [0, 0.05) is 12.1 Å². The van der Waals surface area contributed by atoms with Gasteiger partial charge in [-0.2, -0.15) is 0 Å². The van der Waals surface area contributed by atoms with E-state index in [1.807, 2.05) is 26.8 Å². The van der Waals surface area contributed by atoms with Crippen molar-refractivity contribution in [2.24, 2.45) is 0 Å². The van der Waals surface area contributed by atoms with Crippen LogP contribution in [0.3, 0.4) is 0 Å². The Morgan fingerprint density at radius 1 is 1.15 bits per heavy atom. The molecule has 0 aliphatic rings. The van der Waals surface area contributed by atoms with E-state index in [4.69, 9.17) is 0 Å². The molecule has 0 atom stereocenters. The lowest BCUT2D eigenvalue weighted by Crippen LogP contribution is -2.08. The van der Waals surface area contributed by atoms with E-state index in [0.29, 0.717) is 11.5 Å². The SMILES string of the molecule is CCNc1ncnc(Nc2c(C)cccc2F)c1CC. The van der Waals surface area contributed by atoms with Crippen LogP contribution < -0.4 is 10.6 Å². The molecular weight excluding hydrogens is 255 g/mol. The van der Waals surface area contributed by atoms with Gasteiger partial charge < -0.3 is 10.6 Å². The molecule has 0 aliphatic carbocycles. The molecule has 1 heterocycles. The van der Waals surface area contributed by atoms with E-state index >= 15 is 0 Å². The van der Waals surface area contributed by atoms with Crippen molar-refractivity contribution in [2.45, 2.75) is 27.2 Å². The van der Waals surface area contributed by atoms with E-state index in [0.717, 1.165) is 29.9 Å². The monoisotopic (exact) mass is 274 g/mol. The van der Waals surface area contributed by atoms with E-state index < -0.39 is 0 Å². The number of rotatable bonds is 5. The topological polar surface area (TPSA) is 49.8 Å². The lowest BCUT2D eigenvalue weighted by molar-refractivity contribution is 0.630. The molecule has 2 rings (SSSR count). The fourth-order valence-corrected chi connectivity index (χ4v) is 2.08. The van der Waals surface area contributed by atoms with Gasteiger partial charge in [-0.3, -0.25) is 0 Å². The Kier molecular flexibility index (Phi) is 4.50. The molecular formula is C15H19FN4. The summed E-state index contributed by atoms with van der Waals surface area (Å²) < 4.78 is 13.9. The molecule has 1 aromatic carbocycles. The molecule has 0 amide bonds. The molecule has 0 saturated carbocycles. The third-order valence-electron chi connectivity index (χ3n) is 3.11. The number of hydrogen-bond donors (Lipinski definition) is 2. The second-order valence-corrected chi connectivity index (χ2v) is 4.49. The maximum Gasteiger partial charge on any atom is 0.146 e. The van der Waals surface area contributed by atoms with Gasteiger partial charge in [-0.1, -0.05) is 19.1 Å². The minimum Gasteiger partial charge on any atom is -0.370 e. The lowest BCUT2D eigenvalue weighted by Gasteiger charge is -2.15. The van der Waals surface area contributed by atoms with Gasteiger partial charge in [0.15, 0.2) is 0 Å². The molecule has 20 heavy (non-hydrogen) atoms. The first kappa shape index (κ1) is 14.2. The number of nitrogens with one attached hydrogen (secondary N) is 2. The third kappa shape index (κ3) is 2.87. The summed E-state index contributed by atoms with van der Waals surface area (Å²) in [5, 5.41) is 6.29. The number of nitrogens with zero attached hydrogens (tertiary/aromatic N) is 2. The maximum absolute atomic E-state index is 13.9. The Bertz CT molecular complexity index is 578. The zero-order valence-electron chi connectivity index (χ0n) is 12.0. The van der Waals surface area contributed by atoms with Gasteiger partial charge >= 0.3 is 0 Å². The summed E-state index contributed by atoms with van der Waals surface area (Å²) in [7, 11) is 0. The Balaban J connectivity index is 2.41. The van der Waals surface area contributed by atoms with Crippen LogP contribution in [0.1, 0.15) is 25.0 Å². The molecule has 0 aliphatic heterocycles. The highest BCUT2D eigenvalue weighted by atomic mass is 19.1. The van der Waals surface area contributed by atoms with Crippen molar-refractivity contribution < 1.29 is 4.39 Å². The van der Waals surface area contributed by atoms with Crippen LogP contribution >= 0.6 is 0 Å². The van der Waals surface area contributed by atoms with Crippen LogP contribution in [-0.4, -0.2) is 16.5 Å². The number of aromatic nitrogens is 2. The summed E-state index contributed by atoms with van der Waals surface area (Å²) in [6, 6.07) is 5.00. The predicted octanol–water partition coefficient (Wildman–Crippen LogP) is 3.66. The Morgan fingerprint density at radius 3 is 2.55 bits per heavy atom. The number of benzene rings is 1. The van der Waals surface area contributed by atoms with Crippen LogP contribution in [0.15, 0.2) is 24.5 Å². The van der Waals surface area contributed by atoms with Crippen molar-refractivity contribution in [1.29, 1.82) is 0 Å². The Morgan fingerprint density at radius 2 is 1.90 bits per heavy atom. The third-order valence-corrected chi connectivity index (χ3v) is 3.11. The summed E-state index contributed by atoms with van der Waals surface area (Å²) >= 11 is 0. The van der Waals surface area contributed by atoms with Crippen LogP contribution in [-0.2, 0) is 6.42 Å². The van der Waals surface area contributed by atoms with Gasteiger partial charge in [0.1, 0.15) is 23.8 Å². The number of halogens is 1. The summed E-state index contributed by atoms with van der Waals surface area (Å²) in [6.45, 7) is 6.68. The van der Waals surface area contributed by atoms with Crippen molar-refractivity contribution in [2.75, 3.05) is 17.2 Å². The van der Waals surface area contributed by atoms with Crippen molar-refractivity contribution in [3.05, 3.63) is 41.5 Å². The highest BCUT2D eigenvalue weighted by Crippen LogP contribution is 2.27. The van der Waals surface area contributed by atoms with Crippen LogP contribution in [0.2, 0.25) is 0 Å². The van der Waals surface area contributed by atoms with E-state index in [1.165, 1.54) is 12.4 Å². The van der Waals surface area contributed by atoms with Crippen LogP contribution in [0.25, 0.3) is 0 Å². The molecule has 2 aromatic rings. The molecule has 0 radical (unpaired) electrons. The Labute approximate surface area is 118 Å². The van der Waals surface area contributed by atoms with Crippen molar-refractivity contribution in [3.63, 3.8) is 0 Å². The highest BCUT2D eigenvalue weighted by molar-refractivity contribution is 5.67. The second-order valence-electron chi connectivity index (χ2n) is 4.49. The fourth-order valence-electron chi connectivity index (χ4n) is 2.08. The molecule has 2 N–H and O–H groups in total. The molecule has 0 bridgehead atoms. The van der Waals surface area contributed by atoms with Gasteiger partial charge in [0.2, 0.25) is 0 Å². The molecule has 0 unspecified atom stereocenters. The van der Waals surface area contributed by atoms with Gasteiger partial charge in [-0.05, 0) is 31.9 Å². The minimum absolute atomic E-state index is 0.282. The maximum atomic E-state index is 13.9. The molecule has 0 spiro atoms. The number of para-hydroxylation sites is 1. The molecule has 0 fully saturated rings. The van der Waals surface area contributed by atoms with Crippen LogP contribution in [0.5, 0.6) is 0 Å². The largest absolute Gasteiger partial charge is 0.370 e. The Hall–Kier alpha value is -2.17.